The van der Waals surface area contributed by atoms with Crippen molar-refractivity contribution in [1.29, 1.82) is 0 Å². The van der Waals surface area contributed by atoms with E-state index in [0.717, 1.165) is 25.1 Å². The van der Waals surface area contributed by atoms with Gasteiger partial charge in [0, 0.05) is 31.1 Å². The van der Waals surface area contributed by atoms with Gasteiger partial charge < -0.3 is 9.64 Å². The second kappa shape index (κ2) is 5.30. The molecule has 1 atom stereocenters. The van der Waals surface area contributed by atoms with Gasteiger partial charge >= 0.3 is 6.09 Å². The summed E-state index contributed by atoms with van der Waals surface area (Å²) in [5.41, 5.74) is 0.451. The first-order valence-corrected chi connectivity index (χ1v) is 8.02. The monoisotopic (exact) mass is 323 g/mol. The van der Waals surface area contributed by atoms with Gasteiger partial charge in [-0.05, 0) is 51.7 Å². The minimum Gasteiger partial charge on any atom is -0.444 e. The summed E-state index contributed by atoms with van der Waals surface area (Å²) in [6.45, 7) is 6.89. The molecule has 6 heteroatoms. The predicted molar refractivity (Wildman–Crippen MR) is 86.0 cm³/mol. The number of aromatic nitrogens is 1. The maximum atomic E-state index is 12.3. The average molecular weight is 324 g/mol. The molecule has 1 saturated heterocycles. The maximum Gasteiger partial charge on any atom is 0.410 e. The lowest BCUT2D eigenvalue weighted by Crippen LogP contribution is -2.50. The second-order valence-corrected chi connectivity index (χ2v) is 7.48. The Hall–Kier alpha value is -1.49. The Bertz CT molecular complexity index is 587. The Morgan fingerprint density at radius 3 is 2.91 bits per heavy atom. The highest BCUT2D eigenvalue weighted by atomic mass is 35.5. The third kappa shape index (κ3) is 2.74. The largest absolute Gasteiger partial charge is 0.444 e. The van der Waals surface area contributed by atoms with Crippen LogP contribution in [0.5, 0.6) is 0 Å². The number of fused-ring (bicyclic) bond motifs is 1. The number of hydrogen-bond donors (Lipinski definition) is 0. The van der Waals surface area contributed by atoms with Gasteiger partial charge in [0.25, 0.3) is 0 Å². The number of carbonyl (C=O) groups is 1. The molecule has 1 spiro atoms. The molecule has 3 heterocycles. The fraction of sp³-hybridized carbons (Fsp3) is 0.625. The molecule has 2 aliphatic heterocycles. The first kappa shape index (κ1) is 15.4. The lowest BCUT2D eigenvalue weighted by molar-refractivity contribution is 0.0284. The normalized spacial score (nSPS) is 24.5. The van der Waals surface area contributed by atoms with Crippen LogP contribution in [-0.2, 0) is 11.2 Å². The van der Waals surface area contributed by atoms with E-state index in [-0.39, 0.29) is 11.6 Å². The molecule has 1 unspecified atom stereocenters. The van der Waals surface area contributed by atoms with Gasteiger partial charge in [-0.25, -0.2) is 9.78 Å². The summed E-state index contributed by atoms with van der Waals surface area (Å²) < 4.78 is 7.22. The Labute approximate surface area is 136 Å². The summed E-state index contributed by atoms with van der Waals surface area (Å²) >= 11 is 6.61. The van der Waals surface area contributed by atoms with Crippen molar-refractivity contribution in [1.82, 2.24) is 9.88 Å². The Morgan fingerprint density at radius 2 is 2.18 bits per heavy atom. The molecule has 0 bridgehead atoms. The smallest absolute Gasteiger partial charge is 0.410 e. The van der Waals surface area contributed by atoms with Gasteiger partial charge in [-0.15, -0.1) is 0 Å². The SMILES string of the molecule is CC(C)(C)OC(=O)N1CCC2(CCc3cccnc3N2Cl)C1. The predicted octanol–water partition coefficient (Wildman–Crippen LogP) is 3.37. The fourth-order valence-electron chi connectivity index (χ4n) is 3.20. The van der Waals surface area contributed by atoms with Gasteiger partial charge in [0.2, 0.25) is 0 Å². The molecule has 2 aliphatic rings. The van der Waals surface area contributed by atoms with E-state index in [1.54, 1.807) is 15.5 Å². The highest BCUT2D eigenvalue weighted by Gasteiger charge is 2.48. The number of likely N-dealkylation sites (tertiary alicyclic amines) is 1. The van der Waals surface area contributed by atoms with E-state index in [0.29, 0.717) is 13.1 Å². The topological polar surface area (TPSA) is 45.7 Å². The zero-order valence-corrected chi connectivity index (χ0v) is 14.1. The molecule has 5 nitrogen and oxygen atoms in total. The lowest BCUT2D eigenvalue weighted by Gasteiger charge is -2.41. The number of amides is 1. The summed E-state index contributed by atoms with van der Waals surface area (Å²) in [5.74, 6) is 0.821. The molecule has 0 aromatic carbocycles. The highest BCUT2D eigenvalue weighted by Crippen LogP contribution is 2.42. The van der Waals surface area contributed by atoms with E-state index in [4.69, 9.17) is 16.5 Å². The van der Waals surface area contributed by atoms with E-state index >= 15 is 0 Å². The number of carbonyl (C=O) groups excluding carboxylic acids is 1. The van der Waals surface area contributed by atoms with Crippen LogP contribution in [0.4, 0.5) is 10.6 Å². The number of aryl methyl sites for hydroxylation is 1. The van der Waals surface area contributed by atoms with Crippen LogP contribution in [0, 0.1) is 0 Å². The van der Waals surface area contributed by atoms with Crippen molar-refractivity contribution in [3.8, 4) is 0 Å². The second-order valence-electron chi connectivity index (χ2n) is 7.14. The number of anilines is 1. The van der Waals surface area contributed by atoms with Crippen LogP contribution < -0.4 is 4.42 Å². The van der Waals surface area contributed by atoms with Crippen molar-refractivity contribution in [2.24, 2.45) is 0 Å². The Kier molecular flexibility index (Phi) is 3.71. The van der Waals surface area contributed by atoms with Crippen LogP contribution in [0.3, 0.4) is 0 Å². The molecule has 0 radical (unpaired) electrons. The molecule has 120 valence electrons. The molecule has 1 aromatic rings. The number of nitrogens with zero attached hydrogens (tertiary/aromatic N) is 3. The molecule has 1 amide bonds. The Balaban J connectivity index is 1.76. The number of rotatable bonds is 0. The number of hydrogen-bond acceptors (Lipinski definition) is 4. The van der Waals surface area contributed by atoms with Crippen molar-refractivity contribution < 1.29 is 9.53 Å². The molecular weight excluding hydrogens is 302 g/mol. The van der Waals surface area contributed by atoms with Crippen LogP contribution in [0.25, 0.3) is 0 Å². The van der Waals surface area contributed by atoms with Gasteiger partial charge in [0.15, 0.2) is 0 Å². The molecule has 0 aliphatic carbocycles. The molecule has 1 aromatic heterocycles. The minimum atomic E-state index is -0.478. The van der Waals surface area contributed by atoms with Crippen molar-refractivity contribution in [2.75, 3.05) is 17.5 Å². The van der Waals surface area contributed by atoms with Crippen molar-refractivity contribution in [2.45, 2.75) is 51.2 Å². The summed E-state index contributed by atoms with van der Waals surface area (Å²) in [6, 6.07) is 3.99. The van der Waals surface area contributed by atoms with Crippen LogP contribution in [0.1, 0.15) is 39.2 Å². The van der Waals surface area contributed by atoms with Crippen molar-refractivity contribution in [3.05, 3.63) is 23.9 Å². The zero-order chi connectivity index (χ0) is 16.0. The summed E-state index contributed by atoms with van der Waals surface area (Å²) in [7, 11) is 0. The van der Waals surface area contributed by atoms with E-state index in [1.807, 2.05) is 26.8 Å². The molecule has 22 heavy (non-hydrogen) atoms. The number of pyridine rings is 1. The lowest BCUT2D eigenvalue weighted by atomic mass is 9.87. The maximum absolute atomic E-state index is 12.3. The van der Waals surface area contributed by atoms with E-state index in [9.17, 15) is 4.79 Å². The standard InChI is InChI=1S/C16H22ClN3O2/c1-15(2,3)22-14(21)19-10-8-16(11-19)7-6-12-5-4-9-18-13(12)20(16)17/h4-5,9H,6-8,10-11H2,1-3H3. The first-order valence-electron chi connectivity index (χ1n) is 7.69. The summed E-state index contributed by atoms with van der Waals surface area (Å²) in [4.78, 5) is 18.4. The zero-order valence-electron chi connectivity index (χ0n) is 13.3. The number of halogens is 1. The molecule has 1 fully saturated rings. The Morgan fingerprint density at radius 1 is 1.41 bits per heavy atom. The van der Waals surface area contributed by atoms with E-state index in [2.05, 4.69) is 11.1 Å². The van der Waals surface area contributed by atoms with Crippen LogP contribution in [0.15, 0.2) is 18.3 Å². The van der Waals surface area contributed by atoms with Crippen molar-refractivity contribution >= 4 is 23.7 Å². The average Bonchev–Trinajstić information content (AvgIpc) is 2.87. The molecule has 3 rings (SSSR count). The molecule has 0 saturated carbocycles. The van der Waals surface area contributed by atoms with Gasteiger partial charge in [-0.3, -0.25) is 4.42 Å². The van der Waals surface area contributed by atoms with Gasteiger partial charge in [-0.2, -0.15) is 0 Å². The fourth-order valence-corrected chi connectivity index (χ4v) is 3.57. The summed E-state index contributed by atoms with van der Waals surface area (Å²) in [5, 5.41) is 0. The third-order valence-corrected chi connectivity index (χ3v) is 4.83. The summed E-state index contributed by atoms with van der Waals surface area (Å²) in [6.07, 6.45) is 4.20. The van der Waals surface area contributed by atoms with Crippen LogP contribution in [0.2, 0.25) is 0 Å². The molecule has 0 N–H and O–H groups in total. The van der Waals surface area contributed by atoms with E-state index in [1.165, 1.54) is 5.56 Å². The third-order valence-electron chi connectivity index (χ3n) is 4.31. The quantitative estimate of drug-likeness (QED) is 0.687. The van der Waals surface area contributed by atoms with Gasteiger partial charge in [0.05, 0.1) is 5.54 Å². The van der Waals surface area contributed by atoms with Gasteiger partial charge in [-0.1, -0.05) is 6.07 Å². The molecular formula is C16H22ClN3O2. The van der Waals surface area contributed by atoms with Crippen LogP contribution >= 0.6 is 11.8 Å². The number of ether oxygens (including phenoxy) is 1. The van der Waals surface area contributed by atoms with Crippen LogP contribution in [-0.4, -0.2) is 40.2 Å². The van der Waals surface area contributed by atoms with E-state index < -0.39 is 5.60 Å². The minimum absolute atomic E-state index is 0.236. The first-order chi connectivity index (χ1) is 10.3. The van der Waals surface area contributed by atoms with Crippen molar-refractivity contribution in [3.63, 3.8) is 0 Å². The highest BCUT2D eigenvalue weighted by molar-refractivity contribution is 6.26. The van der Waals surface area contributed by atoms with Gasteiger partial charge in [0.1, 0.15) is 11.4 Å².